The maximum absolute atomic E-state index is 14.2. The lowest BCUT2D eigenvalue weighted by Crippen LogP contribution is -2.61. The number of benzene rings is 4. The second-order valence-corrected chi connectivity index (χ2v) is 17.2. The Kier molecular flexibility index (Phi) is 17.4. The highest BCUT2D eigenvalue weighted by Crippen LogP contribution is 2.44. The van der Waals surface area contributed by atoms with Gasteiger partial charge in [0.2, 0.25) is 21.8 Å². The molecule has 2 amide bonds. The Morgan fingerprint density at radius 2 is 1.56 bits per heavy atom. The van der Waals surface area contributed by atoms with Gasteiger partial charge in [-0.05, 0) is 66.6 Å². The minimum Gasteiger partial charge on any atom is -0.481 e. The number of likely N-dealkylation sites (N-methyl/N-ethyl adjacent to an activating group) is 1. The van der Waals surface area contributed by atoms with Gasteiger partial charge in [0, 0.05) is 52.3 Å². The molecule has 4 aromatic carbocycles. The first-order valence-corrected chi connectivity index (χ1v) is 22.3. The minimum absolute atomic E-state index is 0.0174. The number of sulfonamides is 1. The number of nitrogens with one attached hydrogen (secondary N) is 3. The second-order valence-electron chi connectivity index (χ2n) is 13.9. The summed E-state index contributed by atoms with van der Waals surface area (Å²) in [7, 11) is -6.70. The zero-order chi connectivity index (χ0) is 43.0. The van der Waals surface area contributed by atoms with Crippen LogP contribution in [-0.4, -0.2) is 98.7 Å². The third kappa shape index (κ3) is 13.6. The molecule has 1 saturated heterocycles. The standard InChI is InChI=1S/C39H50N7O7PS.C2H4O2/c1-4-37(47)46(25-24-43-54(49,52-33-17-7-5-8-18-33)53-34-19-9-6-10-20-34)36(28-42-40)38(29(2)39(48)45(3)32-16-13-23-41-27-32)44-55(50,51)35-22-21-30-14-11-12-15-31(30)26-35;1-2(3)4/h5-12,14-15,17-22,26,28-29,32,36,38,41,44H,4,13,16,23-25,27,40H2,1-3H3,(H,43,49);1H3,(H,3,4)/t29-,32?,36?,38-;/m0./s1. The van der Waals surface area contributed by atoms with Gasteiger partial charge in [-0.2, -0.15) is 10.2 Å². The molecule has 1 aliphatic heterocycles. The van der Waals surface area contributed by atoms with E-state index in [1.807, 2.05) is 24.3 Å². The molecule has 59 heavy (non-hydrogen) atoms. The number of hydrogen-bond acceptors (Lipinski definition) is 11. The lowest BCUT2D eigenvalue weighted by Gasteiger charge is -2.40. The van der Waals surface area contributed by atoms with Crippen molar-refractivity contribution in [2.45, 2.75) is 63.1 Å². The highest BCUT2D eigenvalue weighted by Gasteiger charge is 2.41. The molecular weight excluding hydrogens is 798 g/mol. The van der Waals surface area contributed by atoms with E-state index < -0.39 is 47.6 Å². The number of carboxylic acids is 1. The normalized spacial score (nSPS) is 15.9. The van der Waals surface area contributed by atoms with E-state index in [2.05, 4.69) is 20.2 Å². The van der Waals surface area contributed by atoms with Gasteiger partial charge in [-0.3, -0.25) is 14.4 Å². The molecule has 5 rings (SSSR count). The Balaban J connectivity index is 0.00000184. The number of nitrogens with two attached hydrogens (primary N) is 1. The number of rotatable bonds is 18. The van der Waals surface area contributed by atoms with Crippen molar-refractivity contribution >= 4 is 52.5 Å². The molecule has 4 aromatic rings. The molecule has 6 N–H and O–H groups in total. The van der Waals surface area contributed by atoms with Gasteiger partial charge in [-0.25, -0.2) is 17.7 Å². The van der Waals surface area contributed by atoms with E-state index in [9.17, 15) is 22.6 Å². The fourth-order valence-electron chi connectivity index (χ4n) is 6.60. The van der Waals surface area contributed by atoms with E-state index in [-0.39, 0.29) is 47.9 Å². The fourth-order valence-corrected chi connectivity index (χ4v) is 9.30. The van der Waals surface area contributed by atoms with Crippen LogP contribution in [-0.2, 0) is 29.0 Å². The maximum atomic E-state index is 14.2. The summed E-state index contributed by atoms with van der Waals surface area (Å²) in [6.07, 6.45) is 2.95. The van der Waals surface area contributed by atoms with E-state index in [0.29, 0.717) is 11.9 Å². The van der Waals surface area contributed by atoms with E-state index in [1.54, 1.807) is 98.6 Å². The topological polar surface area (TPSA) is 222 Å². The van der Waals surface area contributed by atoms with Crippen LogP contribution in [0.3, 0.4) is 0 Å². The van der Waals surface area contributed by atoms with Crippen LogP contribution < -0.4 is 30.0 Å². The SMILES string of the molecule is CC(=O)O.CCC(=O)N(CCNP(=O)(Oc1ccccc1)Oc1ccccc1)C(C=NN)[C@@H](NS(=O)(=O)c1ccc2ccccc2c1)[C@H](C)C(=O)N(C)C1CCCNC1. The summed E-state index contributed by atoms with van der Waals surface area (Å²) in [5.41, 5.74) is 0. The number of aliphatic carboxylic acids is 1. The highest BCUT2D eigenvalue weighted by atomic mass is 32.2. The van der Waals surface area contributed by atoms with E-state index in [0.717, 1.165) is 31.7 Å². The molecular formula is C41H54N7O9PS. The number of carbonyl (C=O) groups is 3. The Labute approximate surface area is 345 Å². The summed E-state index contributed by atoms with van der Waals surface area (Å²) in [6.45, 7) is 5.56. The van der Waals surface area contributed by atoms with E-state index in [1.165, 1.54) is 17.2 Å². The lowest BCUT2D eigenvalue weighted by atomic mass is 9.92. The largest absolute Gasteiger partial charge is 0.512 e. The van der Waals surface area contributed by atoms with Gasteiger partial charge in [0.15, 0.2) is 0 Å². The first-order chi connectivity index (χ1) is 28.2. The van der Waals surface area contributed by atoms with Crippen LogP contribution in [0.1, 0.15) is 40.0 Å². The van der Waals surface area contributed by atoms with Gasteiger partial charge in [0.1, 0.15) is 11.5 Å². The summed E-state index contributed by atoms with van der Waals surface area (Å²) < 4.78 is 57.2. The van der Waals surface area contributed by atoms with Crippen molar-refractivity contribution in [1.82, 2.24) is 24.9 Å². The van der Waals surface area contributed by atoms with Crippen molar-refractivity contribution in [3.8, 4) is 11.5 Å². The number of piperidine rings is 1. The second kappa shape index (κ2) is 22.2. The number of amides is 2. The first-order valence-electron chi connectivity index (χ1n) is 19.2. The van der Waals surface area contributed by atoms with Crippen LogP contribution in [0, 0.1) is 5.92 Å². The number of hydrazone groups is 1. The number of carboxylic acid groups (broad SMARTS) is 1. The van der Waals surface area contributed by atoms with Gasteiger partial charge < -0.3 is 35.1 Å². The molecule has 0 aliphatic carbocycles. The van der Waals surface area contributed by atoms with Crippen LogP contribution in [0.25, 0.3) is 10.8 Å². The van der Waals surface area contributed by atoms with Gasteiger partial charge in [0.25, 0.3) is 5.97 Å². The molecule has 0 spiro atoms. The van der Waals surface area contributed by atoms with Crippen LogP contribution in [0.4, 0.5) is 0 Å². The molecule has 1 fully saturated rings. The zero-order valence-electron chi connectivity index (χ0n) is 33.6. The number of carbonyl (C=O) groups excluding carboxylic acids is 2. The number of nitrogens with zero attached hydrogens (tertiary/aromatic N) is 3. The van der Waals surface area contributed by atoms with Crippen molar-refractivity contribution in [3.63, 3.8) is 0 Å². The molecule has 16 nitrogen and oxygen atoms in total. The summed E-state index contributed by atoms with van der Waals surface area (Å²) in [6, 6.07) is 26.6. The molecule has 4 atom stereocenters. The third-order valence-corrected chi connectivity index (χ3v) is 12.6. The molecule has 0 aromatic heterocycles. The Morgan fingerprint density at radius 1 is 0.983 bits per heavy atom. The summed E-state index contributed by atoms with van der Waals surface area (Å²) in [5.74, 6) is 3.78. The van der Waals surface area contributed by atoms with Gasteiger partial charge in [-0.15, -0.1) is 0 Å². The van der Waals surface area contributed by atoms with Crippen molar-refractivity contribution < 1.29 is 41.5 Å². The predicted molar refractivity (Wildman–Crippen MR) is 227 cm³/mol. The zero-order valence-corrected chi connectivity index (χ0v) is 35.4. The van der Waals surface area contributed by atoms with Gasteiger partial charge in [-0.1, -0.05) is 80.6 Å². The molecule has 1 heterocycles. The highest BCUT2D eigenvalue weighted by molar-refractivity contribution is 7.89. The molecule has 2 unspecified atom stereocenters. The van der Waals surface area contributed by atoms with Crippen molar-refractivity contribution in [1.29, 1.82) is 0 Å². The summed E-state index contributed by atoms with van der Waals surface area (Å²) in [5, 5.41) is 18.9. The van der Waals surface area contributed by atoms with E-state index >= 15 is 0 Å². The molecule has 0 saturated carbocycles. The molecule has 18 heteroatoms. The lowest BCUT2D eigenvalue weighted by molar-refractivity contribution is -0.139. The summed E-state index contributed by atoms with van der Waals surface area (Å²) >= 11 is 0. The number of para-hydroxylation sites is 2. The monoisotopic (exact) mass is 851 g/mol. The smallest absolute Gasteiger partial charge is 0.481 e. The third-order valence-electron chi connectivity index (χ3n) is 9.60. The average Bonchev–Trinajstić information content (AvgIpc) is 3.23. The van der Waals surface area contributed by atoms with Crippen molar-refractivity contribution in [2.75, 3.05) is 33.2 Å². The summed E-state index contributed by atoms with van der Waals surface area (Å²) in [4.78, 5) is 40.0. The number of hydrogen-bond donors (Lipinski definition) is 5. The van der Waals surface area contributed by atoms with Crippen LogP contribution >= 0.6 is 7.75 Å². The predicted octanol–water partition coefficient (Wildman–Crippen LogP) is 4.83. The van der Waals surface area contributed by atoms with Gasteiger partial charge >= 0.3 is 7.75 Å². The average molecular weight is 852 g/mol. The Bertz CT molecular complexity index is 2130. The number of fused-ring (bicyclic) bond motifs is 1. The molecule has 0 bridgehead atoms. The Morgan fingerprint density at radius 3 is 2.10 bits per heavy atom. The van der Waals surface area contributed by atoms with Crippen molar-refractivity contribution in [2.24, 2.45) is 16.9 Å². The molecule has 0 radical (unpaired) electrons. The van der Waals surface area contributed by atoms with Crippen LogP contribution in [0.5, 0.6) is 11.5 Å². The van der Waals surface area contributed by atoms with Gasteiger partial charge in [0.05, 0.1) is 22.9 Å². The fraction of sp³-hybridized carbons (Fsp3) is 0.366. The minimum atomic E-state index is -4.30. The van der Waals surface area contributed by atoms with Crippen LogP contribution in [0.2, 0.25) is 0 Å². The molecule has 318 valence electrons. The van der Waals surface area contributed by atoms with Crippen molar-refractivity contribution in [3.05, 3.63) is 103 Å². The Hall–Kier alpha value is -5.32. The molecule has 1 aliphatic rings. The van der Waals surface area contributed by atoms with E-state index in [4.69, 9.17) is 24.8 Å². The van der Waals surface area contributed by atoms with Crippen LogP contribution in [0.15, 0.2) is 113 Å². The quantitative estimate of drug-likeness (QED) is 0.0393. The maximum Gasteiger partial charge on any atom is 0.512 e. The first kappa shape index (κ1) is 46.4.